The van der Waals surface area contributed by atoms with Crippen molar-refractivity contribution in [2.24, 2.45) is 5.73 Å². The van der Waals surface area contributed by atoms with Crippen molar-refractivity contribution in [3.8, 4) is 34.0 Å². The molecule has 0 saturated carbocycles. The Morgan fingerprint density at radius 1 is 1.12 bits per heavy atom. The second-order valence-corrected chi connectivity index (χ2v) is 9.19. The Hall–Kier alpha value is -3.89. The highest BCUT2D eigenvalue weighted by Gasteiger charge is 2.25. The highest BCUT2D eigenvalue weighted by atomic mass is 32.2. The van der Waals surface area contributed by atoms with Gasteiger partial charge in [-0.3, -0.25) is 5.41 Å². The topological polar surface area (TPSA) is 163 Å². The average Bonchev–Trinajstić information content (AvgIpc) is 3.45. The fraction of sp³-hybridized carbons (Fsp3) is 0.130. The summed E-state index contributed by atoms with van der Waals surface area (Å²) in [7, 11) is 0. The molecular formula is C23H21N7O2S. The maximum atomic E-state index is 12.0. The van der Waals surface area contributed by atoms with Crippen molar-refractivity contribution in [1.29, 1.82) is 5.41 Å². The van der Waals surface area contributed by atoms with Gasteiger partial charge in [-0.1, -0.05) is 29.4 Å². The first-order valence-corrected chi connectivity index (χ1v) is 11.6. The molecule has 9 nitrogen and oxygen atoms in total. The Balaban J connectivity index is 1.41. The number of rotatable bonds is 5. The van der Waals surface area contributed by atoms with Crippen LogP contribution in [-0.4, -0.2) is 31.4 Å². The Morgan fingerprint density at radius 3 is 2.70 bits per heavy atom. The summed E-state index contributed by atoms with van der Waals surface area (Å²) in [4.78, 5) is 9.88. The van der Waals surface area contributed by atoms with E-state index >= 15 is 0 Å². The van der Waals surface area contributed by atoms with Crippen LogP contribution < -0.4 is 16.8 Å². The third-order valence-corrected chi connectivity index (χ3v) is 6.90. The molecular weight excluding hydrogens is 438 g/mol. The first-order valence-electron chi connectivity index (χ1n) is 10.3. The van der Waals surface area contributed by atoms with E-state index in [9.17, 15) is 4.55 Å². The molecule has 0 bridgehead atoms. The fourth-order valence-electron chi connectivity index (χ4n) is 3.70. The molecule has 3 heterocycles. The van der Waals surface area contributed by atoms with Crippen LogP contribution in [0.15, 0.2) is 64.1 Å². The van der Waals surface area contributed by atoms with E-state index in [0.717, 1.165) is 33.6 Å². The van der Waals surface area contributed by atoms with Crippen LogP contribution in [0.1, 0.15) is 11.1 Å². The van der Waals surface area contributed by atoms with E-state index < -0.39 is 11.2 Å². The number of fused-ring (bicyclic) bond motifs is 1. The van der Waals surface area contributed by atoms with Crippen LogP contribution in [0.5, 0.6) is 0 Å². The van der Waals surface area contributed by atoms with Crippen molar-refractivity contribution >= 4 is 23.0 Å². The predicted molar refractivity (Wildman–Crippen MR) is 127 cm³/mol. The summed E-state index contributed by atoms with van der Waals surface area (Å²) in [5.74, 6) is 1.25. The zero-order valence-corrected chi connectivity index (χ0v) is 18.4. The van der Waals surface area contributed by atoms with Gasteiger partial charge in [-0.05, 0) is 34.9 Å². The fourth-order valence-corrected chi connectivity index (χ4v) is 5.00. The number of anilines is 1. The zero-order chi connectivity index (χ0) is 22.9. The van der Waals surface area contributed by atoms with Crippen LogP contribution in [0.2, 0.25) is 0 Å². The second kappa shape index (κ2) is 8.57. The minimum atomic E-state index is -0.919. The second-order valence-electron chi connectivity index (χ2n) is 7.65. The highest BCUT2D eigenvalue weighted by Crippen LogP contribution is 2.32. The van der Waals surface area contributed by atoms with E-state index in [0.29, 0.717) is 35.1 Å². The molecule has 0 fully saturated rings. The molecule has 6 N–H and O–H groups in total. The zero-order valence-electron chi connectivity index (χ0n) is 17.5. The van der Waals surface area contributed by atoms with Gasteiger partial charge >= 0.3 is 0 Å². The minimum Gasteiger partial charge on any atom is -0.611 e. The number of aromatic nitrogens is 3. The van der Waals surface area contributed by atoms with Crippen LogP contribution in [-0.2, 0) is 24.1 Å². The quantitative estimate of drug-likeness (QED) is 0.201. The van der Waals surface area contributed by atoms with Crippen LogP contribution in [0.4, 0.5) is 5.82 Å². The molecule has 33 heavy (non-hydrogen) atoms. The summed E-state index contributed by atoms with van der Waals surface area (Å²) in [6.07, 6.45) is 2.41. The van der Waals surface area contributed by atoms with Crippen molar-refractivity contribution in [2.45, 2.75) is 17.9 Å². The van der Waals surface area contributed by atoms with Crippen molar-refractivity contribution in [3.05, 3.63) is 65.9 Å². The van der Waals surface area contributed by atoms with Crippen LogP contribution in [0.25, 0.3) is 34.0 Å². The van der Waals surface area contributed by atoms with Gasteiger partial charge in [-0.15, -0.1) is 0 Å². The van der Waals surface area contributed by atoms with E-state index in [-0.39, 0.29) is 11.8 Å². The van der Waals surface area contributed by atoms with Crippen molar-refractivity contribution in [1.82, 2.24) is 20.4 Å². The molecule has 1 aliphatic rings. The molecule has 0 radical (unpaired) electrons. The normalized spacial score (nSPS) is 14.8. The molecule has 2 aromatic heterocycles. The molecule has 4 aromatic rings. The molecule has 10 heteroatoms. The molecule has 1 unspecified atom stereocenters. The lowest BCUT2D eigenvalue weighted by Gasteiger charge is -2.07. The van der Waals surface area contributed by atoms with Gasteiger partial charge in [-0.25, -0.2) is 9.97 Å². The van der Waals surface area contributed by atoms with Gasteiger partial charge < -0.3 is 25.9 Å². The molecule has 1 aliphatic heterocycles. The van der Waals surface area contributed by atoms with Gasteiger partial charge in [-0.2, -0.15) is 0 Å². The van der Waals surface area contributed by atoms with Gasteiger partial charge in [0.1, 0.15) is 11.4 Å². The molecule has 0 amide bonds. The number of benzene rings is 2. The maximum Gasteiger partial charge on any atom is 0.189 e. The van der Waals surface area contributed by atoms with Gasteiger partial charge in [0.15, 0.2) is 28.1 Å². The Kier molecular flexibility index (Phi) is 5.45. The summed E-state index contributed by atoms with van der Waals surface area (Å²) in [6, 6.07) is 15.3. The lowest BCUT2D eigenvalue weighted by Crippen LogP contribution is -2.29. The largest absolute Gasteiger partial charge is 0.611 e. The molecule has 5 rings (SSSR count). The molecule has 166 valence electrons. The van der Waals surface area contributed by atoms with E-state index in [1.54, 1.807) is 12.3 Å². The van der Waals surface area contributed by atoms with Gasteiger partial charge in [0, 0.05) is 35.7 Å². The number of aryl methyl sites for hydroxylation is 1. The first kappa shape index (κ1) is 21.0. The van der Waals surface area contributed by atoms with Crippen molar-refractivity contribution < 1.29 is 9.08 Å². The van der Waals surface area contributed by atoms with Crippen LogP contribution in [0.3, 0.4) is 0 Å². The molecule has 0 saturated heterocycles. The number of nitrogens with two attached hydrogens (primary N) is 2. The van der Waals surface area contributed by atoms with Crippen LogP contribution in [0, 0.1) is 5.41 Å². The van der Waals surface area contributed by atoms with E-state index in [2.05, 4.69) is 20.4 Å². The van der Waals surface area contributed by atoms with Gasteiger partial charge in [0.2, 0.25) is 0 Å². The number of nitrogen functional groups attached to an aromatic ring is 1. The first-order chi connectivity index (χ1) is 16.0. The summed E-state index contributed by atoms with van der Waals surface area (Å²) in [6.45, 7) is 0.469. The predicted octanol–water partition coefficient (Wildman–Crippen LogP) is 2.69. The lowest BCUT2D eigenvalue weighted by atomic mass is 10.1. The third kappa shape index (κ3) is 4.26. The number of nitrogens with zero attached hydrogens (tertiary/aromatic N) is 3. The number of hydrogen-bond acceptors (Lipinski definition) is 7. The van der Waals surface area contributed by atoms with Crippen LogP contribution >= 0.6 is 0 Å². The SMILES string of the molecule is N=C(N)NCc1ccc(-c2cc(-c3nc(-c4ccc5c(c4)CC[S+]5[O-])cnc3N)on2)cc1. The number of nitrogens with one attached hydrogen (secondary N) is 2. The maximum absolute atomic E-state index is 12.0. The highest BCUT2D eigenvalue weighted by molar-refractivity contribution is 7.91. The summed E-state index contributed by atoms with van der Waals surface area (Å²) in [5, 5.41) is 14.2. The van der Waals surface area contributed by atoms with E-state index in [4.69, 9.17) is 21.4 Å². The third-order valence-electron chi connectivity index (χ3n) is 5.44. The molecule has 1 atom stereocenters. The smallest absolute Gasteiger partial charge is 0.189 e. The monoisotopic (exact) mass is 459 g/mol. The molecule has 0 spiro atoms. The standard InChI is InChI=1S/C23H21N7O2S/c24-22-21(29-18(12-27-22)15-5-6-20-16(9-15)7-8-33(20)31)19-10-17(30-32-19)14-3-1-13(2-4-14)11-28-23(25)26/h1-6,9-10,12H,7-8,11H2,(H2,24,27)(H4,25,26,28). The van der Waals surface area contributed by atoms with E-state index in [1.807, 2.05) is 42.5 Å². The average molecular weight is 460 g/mol. The Labute approximate surface area is 192 Å². The number of hydrogen-bond donors (Lipinski definition) is 4. The molecule has 2 aromatic carbocycles. The molecule has 0 aliphatic carbocycles. The summed E-state index contributed by atoms with van der Waals surface area (Å²) >= 11 is -0.919. The Morgan fingerprint density at radius 2 is 1.91 bits per heavy atom. The van der Waals surface area contributed by atoms with Gasteiger partial charge in [0.25, 0.3) is 0 Å². The number of guanidine groups is 1. The van der Waals surface area contributed by atoms with Gasteiger partial charge in [0.05, 0.1) is 11.9 Å². The summed E-state index contributed by atoms with van der Waals surface area (Å²) in [5.41, 5.74) is 16.9. The minimum absolute atomic E-state index is 0.0731. The summed E-state index contributed by atoms with van der Waals surface area (Å²) < 4.78 is 17.6. The Bertz CT molecular complexity index is 1340. The lowest BCUT2D eigenvalue weighted by molar-refractivity contribution is 0.434. The van der Waals surface area contributed by atoms with E-state index in [1.165, 1.54) is 0 Å². The van der Waals surface area contributed by atoms with Crippen molar-refractivity contribution in [3.63, 3.8) is 0 Å². The van der Waals surface area contributed by atoms with Crippen molar-refractivity contribution in [2.75, 3.05) is 11.5 Å².